The maximum absolute atomic E-state index is 11.3. The van der Waals surface area contributed by atoms with E-state index in [1.165, 1.54) is 6.07 Å². The lowest BCUT2D eigenvalue weighted by molar-refractivity contribution is 0.406. The molecule has 0 aliphatic rings. The first-order valence-corrected chi connectivity index (χ1v) is 6.32. The fourth-order valence-electron chi connectivity index (χ4n) is 2.47. The van der Waals surface area contributed by atoms with E-state index in [1.54, 1.807) is 0 Å². The van der Waals surface area contributed by atoms with Crippen molar-refractivity contribution in [3.63, 3.8) is 0 Å². The lowest BCUT2D eigenvalue weighted by Crippen LogP contribution is -2.22. The highest BCUT2D eigenvalue weighted by Crippen LogP contribution is 2.43. The van der Waals surface area contributed by atoms with Gasteiger partial charge in [-0.1, -0.05) is 41.5 Å². The van der Waals surface area contributed by atoms with Gasteiger partial charge in [-0.05, 0) is 10.8 Å². The second kappa shape index (κ2) is 3.89. The van der Waals surface area contributed by atoms with Gasteiger partial charge in [0, 0.05) is 17.2 Å². The number of rotatable bonds is 0. The molecule has 0 radical (unpaired) electrons. The van der Waals surface area contributed by atoms with Gasteiger partial charge in [-0.15, -0.1) is 0 Å². The molecule has 0 fully saturated rings. The summed E-state index contributed by atoms with van der Waals surface area (Å²) in [5, 5.41) is 10.3. The number of phenolic OH excluding ortho intramolecular Hbond substituents is 1. The fourth-order valence-corrected chi connectivity index (χ4v) is 2.47. The highest BCUT2D eigenvalue weighted by molar-refractivity contribution is 5.80. The first-order chi connectivity index (χ1) is 8.51. The molecule has 0 aliphatic heterocycles. The van der Waals surface area contributed by atoms with Crippen LogP contribution in [0.4, 0.5) is 0 Å². The normalized spacial score (nSPS) is 13.2. The summed E-state index contributed by atoms with van der Waals surface area (Å²) in [6.07, 6.45) is 0. The highest BCUT2D eigenvalue weighted by Gasteiger charge is 2.32. The molecule has 2 aromatic rings. The molecule has 2 rings (SSSR count). The summed E-state index contributed by atoms with van der Waals surface area (Å²) in [5.74, 6) is -0.611. The van der Waals surface area contributed by atoms with Crippen LogP contribution < -0.4 is 5.82 Å². The quantitative estimate of drug-likeness (QED) is 0.788. The van der Waals surface area contributed by atoms with E-state index >= 15 is 0 Å². The summed E-state index contributed by atoms with van der Waals surface area (Å²) in [6, 6.07) is 1.45. The Morgan fingerprint density at radius 2 is 1.47 bits per heavy atom. The molecule has 0 bridgehead atoms. The van der Waals surface area contributed by atoms with Crippen molar-refractivity contribution in [2.24, 2.45) is 0 Å². The van der Waals surface area contributed by atoms with Crippen molar-refractivity contribution in [1.29, 1.82) is 0 Å². The standard InChI is InChI=1S/C15H20O4/c1-14(2,3)10-8(16)7-9-12(19-13(17)18-9)11(10)15(4,5)6/h7,16H,1-6H3. The monoisotopic (exact) mass is 264 g/mol. The lowest BCUT2D eigenvalue weighted by atomic mass is 9.74. The van der Waals surface area contributed by atoms with Crippen molar-refractivity contribution < 1.29 is 13.9 Å². The Morgan fingerprint density at radius 1 is 0.947 bits per heavy atom. The minimum atomic E-state index is -0.744. The Morgan fingerprint density at radius 3 is 1.95 bits per heavy atom. The van der Waals surface area contributed by atoms with E-state index in [0.717, 1.165) is 11.1 Å². The molecule has 1 aromatic carbocycles. The van der Waals surface area contributed by atoms with Crippen molar-refractivity contribution in [2.45, 2.75) is 52.4 Å². The number of hydrogen-bond donors (Lipinski definition) is 1. The molecule has 0 aliphatic carbocycles. The number of hydrogen-bond acceptors (Lipinski definition) is 4. The van der Waals surface area contributed by atoms with Gasteiger partial charge in [0.15, 0.2) is 11.2 Å². The molecular weight excluding hydrogens is 244 g/mol. The van der Waals surface area contributed by atoms with Crippen molar-refractivity contribution in [3.05, 3.63) is 27.8 Å². The Kier molecular flexibility index (Phi) is 2.81. The minimum Gasteiger partial charge on any atom is -0.507 e. The van der Waals surface area contributed by atoms with Crippen LogP contribution in [0.15, 0.2) is 19.7 Å². The second-order valence-corrected chi connectivity index (χ2v) is 6.93. The van der Waals surface area contributed by atoms with E-state index in [1.807, 2.05) is 41.5 Å². The van der Waals surface area contributed by atoms with Crippen LogP contribution in [0.25, 0.3) is 11.2 Å². The largest absolute Gasteiger partial charge is 0.519 e. The van der Waals surface area contributed by atoms with Crippen molar-refractivity contribution in [3.8, 4) is 5.75 Å². The van der Waals surface area contributed by atoms with Gasteiger partial charge < -0.3 is 13.9 Å². The molecule has 0 amide bonds. The van der Waals surface area contributed by atoms with Crippen molar-refractivity contribution in [2.75, 3.05) is 0 Å². The van der Waals surface area contributed by atoms with Crippen molar-refractivity contribution in [1.82, 2.24) is 0 Å². The summed E-state index contributed by atoms with van der Waals surface area (Å²) in [4.78, 5) is 11.3. The first-order valence-electron chi connectivity index (χ1n) is 6.32. The zero-order chi connectivity index (χ0) is 14.6. The third kappa shape index (κ3) is 2.27. The molecule has 1 aromatic heterocycles. The van der Waals surface area contributed by atoms with Gasteiger partial charge >= 0.3 is 5.82 Å². The van der Waals surface area contributed by atoms with E-state index < -0.39 is 5.82 Å². The van der Waals surface area contributed by atoms with E-state index in [4.69, 9.17) is 8.83 Å². The summed E-state index contributed by atoms with van der Waals surface area (Å²) in [6.45, 7) is 12.1. The minimum absolute atomic E-state index is 0.134. The molecule has 4 nitrogen and oxygen atoms in total. The van der Waals surface area contributed by atoms with Gasteiger partial charge in [0.1, 0.15) is 5.75 Å². The summed E-state index contributed by atoms with van der Waals surface area (Å²) < 4.78 is 10.2. The van der Waals surface area contributed by atoms with E-state index in [-0.39, 0.29) is 16.6 Å². The van der Waals surface area contributed by atoms with Crippen LogP contribution in [0.1, 0.15) is 52.7 Å². The zero-order valence-corrected chi connectivity index (χ0v) is 12.2. The van der Waals surface area contributed by atoms with Crippen LogP contribution in [0.3, 0.4) is 0 Å². The Hall–Kier alpha value is -1.71. The van der Waals surface area contributed by atoms with Crippen LogP contribution in [0.5, 0.6) is 5.75 Å². The SMILES string of the molecule is CC(C)(C)c1c(O)cc2oc(=O)oc2c1C(C)(C)C. The van der Waals surface area contributed by atoms with Crippen LogP contribution in [0.2, 0.25) is 0 Å². The zero-order valence-electron chi connectivity index (χ0n) is 12.2. The molecular formula is C15H20O4. The molecule has 0 unspecified atom stereocenters. The Bertz CT molecular complexity index is 675. The Labute approximate surface area is 112 Å². The molecule has 19 heavy (non-hydrogen) atoms. The van der Waals surface area contributed by atoms with E-state index in [9.17, 15) is 9.90 Å². The molecule has 104 valence electrons. The number of phenols is 1. The molecule has 1 heterocycles. The summed E-state index contributed by atoms with van der Waals surface area (Å²) in [7, 11) is 0. The van der Waals surface area contributed by atoms with Gasteiger partial charge in [-0.2, -0.15) is 0 Å². The molecule has 0 saturated heterocycles. The average molecular weight is 264 g/mol. The maximum atomic E-state index is 11.3. The van der Waals surface area contributed by atoms with E-state index in [0.29, 0.717) is 11.2 Å². The summed E-state index contributed by atoms with van der Waals surface area (Å²) >= 11 is 0. The predicted molar refractivity (Wildman–Crippen MR) is 73.8 cm³/mol. The number of benzene rings is 1. The second-order valence-electron chi connectivity index (χ2n) is 6.93. The van der Waals surface area contributed by atoms with Crippen LogP contribution in [0, 0.1) is 0 Å². The van der Waals surface area contributed by atoms with Gasteiger partial charge in [-0.25, -0.2) is 4.79 Å². The third-order valence-corrected chi connectivity index (χ3v) is 3.10. The predicted octanol–water partition coefficient (Wildman–Crippen LogP) is 3.69. The van der Waals surface area contributed by atoms with E-state index in [2.05, 4.69) is 0 Å². The molecule has 0 atom stereocenters. The third-order valence-electron chi connectivity index (χ3n) is 3.10. The number of fused-ring (bicyclic) bond motifs is 1. The smallest absolute Gasteiger partial charge is 0.507 e. The van der Waals surface area contributed by atoms with Crippen molar-refractivity contribution >= 4 is 11.2 Å². The van der Waals surface area contributed by atoms with Crippen LogP contribution in [-0.2, 0) is 10.8 Å². The molecule has 4 heteroatoms. The topological polar surface area (TPSA) is 63.6 Å². The van der Waals surface area contributed by atoms with Crippen LogP contribution in [-0.4, -0.2) is 5.11 Å². The number of aromatic hydroxyl groups is 1. The summed E-state index contributed by atoms with van der Waals surface area (Å²) in [5.41, 5.74) is 1.79. The Balaban J connectivity index is 3.02. The van der Waals surface area contributed by atoms with Gasteiger partial charge in [0.2, 0.25) is 0 Å². The van der Waals surface area contributed by atoms with Gasteiger partial charge in [-0.3, -0.25) is 0 Å². The maximum Gasteiger partial charge on any atom is 0.519 e. The molecule has 0 spiro atoms. The lowest BCUT2D eigenvalue weighted by Gasteiger charge is -2.30. The van der Waals surface area contributed by atoms with Crippen LogP contribution >= 0.6 is 0 Å². The molecule has 1 N–H and O–H groups in total. The van der Waals surface area contributed by atoms with Gasteiger partial charge in [0.25, 0.3) is 0 Å². The van der Waals surface area contributed by atoms with Gasteiger partial charge in [0.05, 0.1) is 0 Å². The molecule has 0 saturated carbocycles. The fraction of sp³-hybridized carbons (Fsp3) is 0.533. The highest BCUT2D eigenvalue weighted by atomic mass is 16.6. The average Bonchev–Trinajstić information content (AvgIpc) is 2.51. The first kappa shape index (κ1) is 13.7.